The summed E-state index contributed by atoms with van der Waals surface area (Å²) in [5, 5.41) is 9.28. The molecule has 1 amide bonds. The molecule has 1 N–H and O–H groups in total. The van der Waals surface area contributed by atoms with Crippen LogP contribution in [0, 0.1) is 0 Å². The molecule has 0 aromatic rings. The highest BCUT2D eigenvalue weighted by Gasteiger charge is 2.41. The standard InChI is InChI=1S/C19H37NO4Si/c1-18(2,3)23-17(22)20-12-11-16(14-15(20)10-9-13-21)24-25(7,8)19(4,5)6/h9-10,15-16,21H,11-14H2,1-8H3/b10-9+/t15-,16+/m1/s1. The number of piperidine rings is 1. The molecule has 0 aromatic heterocycles. The van der Waals surface area contributed by atoms with Crippen molar-refractivity contribution in [2.45, 2.75) is 90.3 Å². The fraction of sp³-hybridized carbons (Fsp3) is 0.842. The van der Waals surface area contributed by atoms with E-state index >= 15 is 0 Å². The third-order valence-electron chi connectivity index (χ3n) is 4.96. The van der Waals surface area contributed by atoms with Gasteiger partial charge in [-0.1, -0.05) is 32.9 Å². The zero-order valence-electron chi connectivity index (χ0n) is 17.3. The minimum absolute atomic E-state index is 0.0353. The summed E-state index contributed by atoms with van der Waals surface area (Å²) < 4.78 is 12.1. The molecule has 0 aliphatic carbocycles. The molecule has 1 aliphatic rings. The molecule has 1 fully saturated rings. The van der Waals surface area contributed by atoms with Crippen LogP contribution in [0.3, 0.4) is 0 Å². The van der Waals surface area contributed by atoms with Gasteiger partial charge in [0.15, 0.2) is 8.32 Å². The molecule has 1 heterocycles. The van der Waals surface area contributed by atoms with Crippen LogP contribution in [0.1, 0.15) is 54.4 Å². The molecular weight excluding hydrogens is 334 g/mol. The van der Waals surface area contributed by atoms with Crippen molar-refractivity contribution < 1.29 is 19.1 Å². The van der Waals surface area contributed by atoms with Crippen molar-refractivity contribution >= 4 is 14.4 Å². The van der Waals surface area contributed by atoms with Crippen LogP contribution < -0.4 is 0 Å². The monoisotopic (exact) mass is 371 g/mol. The highest BCUT2D eigenvalue weighted by atomic mass is 28.4. The first-order valence-electron chi connectivity index (χ1n) is 9.22. The van der Waals surface area contributed by atoms with Gasteiger partial charge in [-0.25, -0.2) is 4.79 Å². The third-order valence-corrected chi connectivity index (χ3v) is 9.49. The van der Waals surface area contributed by atoms with Crippen molar-refractivity contribution in [3.05, 3.63) is 12.2 Å². The van der Waals surface area contributed by atoms with Crippen molar-refractivity contribution in [2.24, 2.45) is 0 Å². The van der Waals surface area contributed by atoms with Crippen molar-refractivity contribution in [2.75, 3.05) is 13.2 Å². The van der Waals surface area contributed by atoms with Crippen molar-refractivity contribution in [3.63, 3.8) is 0 Å². The summed E-state index contributed by atoms with van der Waals surface area (Å²) in [6.07, 6.45) is 4.97. The van der Waals surface area contributed by atoms with Gasteiger partial charge < -0.3 is 19.2 Å². The lowest BCUT2D eigenvalue weighted by atomic mass is 9.99. The Morgan fingerprint density at radius 2 is 1.84 bits per heavy atom. The first kappa shape index (κ1) is 22.2. The SMILES string of the molecule is CC(C)(C)OC(=O)N1CC[C@H](O[Si](C)(C)C(C)(C)C)C[C@H]1/C=C/CO. The number of likely N-dealkylation sites (tertiary alicyclic amines) is 1. The van der Waals surface area contributed by atoms with Crippen LogP contribution in [0.15, 0.2) is 12.2 Å². The van der Waals surface area contributed by atoms with Crippen LogP contribution in [0.5, 0.6) is 0 Å². The van der Waals surface area contributed by atoms with Gasteiger partial charge in [-0.05, 0) is 51.7 Å². The van der Waals surface area contributed by atoms with E-state index in [9.17, 15) is 4.79 Å². The van der Waals surface area contributed by atoms with Gasteiger partial charge in [-0.3, -0.25) is 0 Å². The molecule has 1 aliphatic heterocycles. The molecule has 5 nitrogen and oxygen atoms in total. The summed E-state index contributed by atoms with van der Waals surface area (Å²) in [5.74, 6) is 0. The van der Waals surface area contributed by atoms with Gasteiger partial charge in [0.1, 0.15) is 5.60 Å². The topological polar surface area (TPSA) is 59.0 Å². The van der Waals surface area contributed by atoms with Crippen LogP contribution in [-0.2, 0) is 9.16 Å². The summed E-state index contributed by atoms with van der Waals surface area (Å²) in [7, 11) is -1.85. The summed E-state index contributed by atoms with van der Waals surface area (Å²) in [4.78, 5) is 14.3. The van der Waals surface area contributed by atoms with Gasteiger partial charge in [0.25, 0.3) is 0 Å². The number of hydrogen-bond acceptors (Lipinski definition) is 4. The van der Waals surface area contributed by atoms with Crippen LogP contribution in [-0.4, -0.2) is 55.3 Å². The fourth-order valence-electron chi connectivity index (χ4n) is 2.61. The lowest BCUT2D eigenvalue weighted by molar-refractivity contribution is 0.00145. The highest BCUT2D eigenvalue weighted by Crippen LogP contribution is 2.39. The largest absolute Gasteiger partial charge is 0.444 e. The summed E-state index contributed by atoms with van der Waals surface area (Å²) in [6, 6.07) is -0.106. The van der Waals surface area contributed by atoms with Crippen LogP contribution in [0.4, 0.5) is 4.79 Å². The molecule has 0 spiro atoms. The average molecular weight is 372 g/mol. The normalized spacial score (nSPS) is 23.2. The third kappa shape index (κ3) is 6.75. The molecule has 6 heteroatoms. The van der Waals surface area contributed by atoms with Gasteiger partial charge in [-0.2, -0.15) is 0 Å². The van der Waals surface area contributed by atoms with Crippen molar-refractivity contribution in [1.29, 1.82) is 0 Å². The quantitative estimate of drug-likeness (QED) is 0.590. The second kappa shape index (κ2) is 8.23. The Morgan fingerprint density at radius 3 is 2.32 bits per heavy atom. The Kier molecular flexibility index (Phi) is 7.30. The lowest BCUT2D eigenvalue weighted by Gasteiger charge is -2.44. The molecule has 0 bridgehead atoms. The molecule has 1 saturated heterocycles. The molecule has 146 valence electrons. The number of carbonyl (C=O) groups excluding carboxylic acids is 1. The van der Waals surface area contributed by atoms with Crippen LogP contribution in [0.25, 0.3) is 0 Å². The number of carbonyl (C=O) groups is 1. The van der Waals surface area contributed by atoms with E-state index in [4.69, 9.17) is 14.3 Å². The number of aliphatic hydroxyl groups is 1. The molecule has 2 atom stereocenters. The predicted molar refractivity (Wildman–Crippen MR) is 104 cm³/mol. The minimum atomic E-state index is -1.85. The number of ether oxygens (including phenoxy) is 1. The van der Waals surface area contributed by atoms with Crippen molar-refractivity contribution in [3.8, 4) is 0 Å². The minimum Gasteiger partial charge on any atom is -0.444 e. The van der Waals surface area contributed by atoms with Crippen molar-refractivity contribution in [1.82, 2.24) is 4.90 Å². The summed E-state index contributed by atoms with van der Waals surface area (Å²) in [6.45, 7) is 17.4. The van der Waals surface area contributed by atoms with E-state index in [1.54, 1.807) is 11.0 Å². The number of aliphatic hydroxyl groups excluding tert-OH is 1. The van der Waals surface area contributed by atoms with E-state index in [0.717, 1.165) is 12.8 Å². The first-order valence-corrected chi connectivity index (χ1v) is 12.1. The van der Waals surface area contributed by atoms with Gasteiger partial charge >= 0.3 is 6.09 Å². The predicted octanol–water partition coefficient (Wildman–Crippen LogP) is 4.32. The Labute approximate surface area is 154 Å². The van der Waals surface area contributed by atoms with Gasteiger partial charge in [-0.15, -0.1) is 0 Å². The molecule has 0 unspecified atom stereocenters. The average Bonchev–Trinajstić information content (AvgIpc) is 2.41. The van der Waals surface area contributed by atoms with E-state index in [1.165, 1.54) is 0 Å². The maximum Gasteiger partial charge on any atom is 0.410 e. The molecule has 1 rings (SSSR count). The number of amides is 1. The van der Waals surface area contributed by atoms with Gasteiger partial charge in [0.05, 0.1) is 12.6 Å². The Balaban J connectivity index is 2.85. The molecule has 0 saturated carbocycles. The number of nitrogens with zero attached hydrogens (tertiary/aromatic N) is 1. The van der Waals surface area contributed by atoms with E-state index in [2.05, 4.69) is 33.9 Å². The van der Waals surface area contributed by atoms with E-state index in [-0.39, 0.29) is 29.9 Å². The van der Waals surface area contributed by atoms with Crippen LogP contribution in [0.2, 0.25) is 18.1 Å². The molecule has 25 heavy (non-hydrogen) atoms. The fourth-order valence-corrected chi connectivity index (χ4v) is 4.01. The highest BCUT2D eigenvalue weighted by molar-refractivity contribution is 6.74. The van der Waals surface area contributed by atoms with Gasteiger partial charge in [0, 0.05) is 12.6 Å². The first-order chi connectivity index (χ1) is 11.3. The van der Waals surface area contributed by atoms with Gasteiger partial charge in [0.2, 0.25) is 0 Å². The second-order valence-corrected chi connectivity index (χ2v) is 14.1. The van der Waals surface area contributed by atoms with E-state index in [0.29, 0.717) is 6.54 Å². The smallest absolute Gasteiger partial charge is 0.410 e. The maximum atomic E-state index is 12.5. The Morgan fingerprint density at radius 1 is 1.24 bits per heavy atom. The van der Waals surface area contributed by atoms with Crippen LogP contribution >= 0.6 is 0 Å². The molecular formula is C19H37NO4Si. The summed E-state index contributed by atoms with van der Waals surface area (Å²) >= 11 is 0. The summed E-state index contributed by atoms with van der Waals surface area (Å²) in [5.41, 5.74) is -0.517. The number of rotatable bonds is 4. The Bertz CT molecular complexity index is 477. The zero-order chi connectivity index (χ0) is 19.5. The maximum absolute atomic E-state index is 12.5. The second-order valence-electron chi connectivity index (χ2n) is 9.38. The molecule has 0 radical (unpaired) electrons. The van der Waals surface area contributed by atoms with E-state index in [1.807, 2.05) is 26.8 Å². The number of hydrogen-bond donors (Lipinski definition) is 1. The van der Waals surface area contributed by atoms with E-state index < -0.39 is 13.9 Å². The molecule has 0 aromatic carbocycles. The Hall–Kier alpha value is -0.853. The zero-order valence-corrected chi connectivity index (χ0v) is 18.3. The lowest BCUT2D eigenvalue weighted by Crippen LogP contribution is -2.52.